The first-order valence-electron chi connectivity index (χ1n) is 8.79. The zero-order valence-corrected chi connectivity index (χ0v) is 17.7. The van der Waals surface area contributed by atoms with E-state index in [1.54, 1.807) is 36.4 Å². The van der Waals surface area contributed by atoms with Gasteiger partial charge in [0, 0.05) is 10.0 Å². The molecule has 1 heterocycles. The number of aromatic nitrogens is 2. The Kier molecular flexibility index (Phi) is 6.33. The lowest BCUT2D eigenvalue weighted by Gasteiger charge is -2.10. The minimum Gasteiger partial charge on any atom is -0.493 e. The molecular weight excluding hydrogens is 440 g/mol. The number of para-hydroxylation sites is 1. The Balaban J connectivity index is 2.39. The molecule has 0 aliphatic heterocycles. The molecule has 0 N–H and O–H groups in total. The standard InChI is InChI=1S/C21H19BrN2O5/c1-4-29-16-11-10-13(22)12-15(16)18-17(20(25)27-2)19(21(26)28-3)24(23-18)14-8-6-5-7-9-14/h5-12H,4H2,1-3H3. The Morgan fingerprint density at radius 2 is 1.72 bits per heavy atom. The molecule has 7 nitrogen and oxygen atoms in total. The van der Waals surface area contributed by atoms with Gasteiger partial charge in [-0.3, -0.25) is 0 Å². The number of rotatable bonds is 6. The molecule has 0 atom stereocenters. The number of esters is 2. The molecule has 29 heavy (non-hydrogen) atoms. The third kappa shape index (κ3) is 4.02. The quantitative estimate of drug-likeness (QED) is 0.513. The summed E-state index contributed by atoms with van der Waals surface area (Å²) < 4.78 is 17.8. The van der Waals surface area contributed by atoms with Crippen LogP contribution < -0.4 is 4.74 Å². The number of hydrogen-bond donors (Lipinski definition) is 0. The van der Waals surface area contributed by atoms with Crippen molar-refractivity contribution in [2.45, 2.75) is 6.92 Å². The fourth-order valence-corrected chi connectivity index (χ4v) is 3.27. The number of nitrogens with zero attached hydrogens (tertiary/aromatic N) is 2. The maximum Gasteiger partial charge on any atom is 0.357 e. The van der Waals surface area contributed by atoms with Gasteiger partial charge >= 0.3 is 11.9 Å². The van der Waals surface area contributed by atoms with E-state index < -0.39 is 11.9 Å². The normalized spacial score (nSPS) is 10.5. The van der Waals surface area contributed by atoms with Gasteiger partial charge in [0.15, 0.2) is 5.69 Å². The van der Waals surface area contributed by atoms with E-state index in [1.807, 2.05) is 19.1 Å². The van der Waals surface area contributed by atoms with Gasteiger partial charge < -0.3 is 14.2 Å². The Morgan fingerprint density at radius 1 is 1.03 bits per heavy atom. The highest BCUT2D eigenvalue weighted by Gasteiger charge is 2.32. The molecule has 0 radical (unpaired) electrons. The highest BCUT2D eigenvalue weighted by molar-refractivity contribution is 9.10. The molecule has 3 aromatic rings. The molecule has 8 heteroatoms. The molecule has 2 aromatic carbocycles. The van der Waals surface area contributed by atoms with Crippen LogP contribution in [-0.2, 0) is 9.47 Å². The van der Waals surface area contributed by atoms with E-state index in [9.17, 15) is 9.59 Å². The number of hydrogen-bond acceptors (Lipinski definition) is 6. The van der Waals surface area contributed by atoms with E-state index in [4.69, 9.17) is 14.2 Å². The van der Waals surface area contributed by atoms with E-state index in [-0.39, 0.29) is 17.0 Å². The SMILES string of the molecule is CCOc1ccc(Br)cc1-c1nn(-c2ccccc2)c(C(=O)OC)c1C(=O)OC. The van der Waals surface area contributed by atoms with Crippen LogP contribution in [0.1, 0.15) is 27.8 Å². The summed E-state index contributed by atoms with van der Waals surface area (Å²) in [6, 6.07) is 14.4. The molecule has 0 saturated heterocycles. The molecule has 0 spiro atoms. The van der Waals surface area contributed by atoms with Crippen molar-refractivity contribution in [1.82, 2.24) is 9.78 Å². The Labute approximate surface area is 176 Å². The van der Waals surface area contributed by atoms with Crippen LogP contribution in [0.4, 0.5) is 0 Å². The van der Waals surface area contributed by atoms with Crippen molar-refractivity contribution in [2.75, 3.05) is 20.8 Å². The first-order valence-corrected chi connectivity index (χ1v) is 9.58. The van der Waals surface area contributed by atoms with Crippen molar-refractivity contribution >= 4 is 27.9 Å². The third-order valence-electron chi connectivity index (χ3n) is 4.15. The van der Waals surface area contributed by atoms with Crippen molar-refractivity contribution in [3.63, 3.8) is 0 Å². The molecule has 0 amide bonds. The number of ether oxygens (including phenoxy) is 3. The minimum absolute atomic E-state index is 0.00209. The number of halogens is 1. The van der Waals surface area contributed by atoms with Crippen LogP contribution in [0.3, 0.4) is 0 Å². The van der Waals surface area contributed by atoms with Crippen molar-refractivity contribution in [3.8, 4) is 22.7 Å². The van der Waals surface area contributed by atoms with Gasteiger partial charge in [0.1, 0.15) is 17.0 Å². The van der Waals surface area contributed by atoms with E-state index >= 15 is 0 Å². The molecule has 0 unspecified atom stereocenters. The predicted molar refractivity (Wildman–Crippen MR) is 111 cm³/mol. The van der Waals surface area contributed by atoms with Crippen molar-refractivity contribution in [2.24, 2.45) is 0 Å². The molecule has 1 aromatic heterocycles. The first-order chi connectivity index (χ1) is 14.0. The average molecular weight is 459 g/mol. The maximum atomic E-state index is 12.7. The summed E-state index contributed by atoms with van der Waals surface area (Å²) in [4.78, 5) is 25.4. The molecular formula is C21H19BrN2O5. The third-order valence-corrected chi connectivity index (χ3v) is 4.64. The van der Waals surface area contributed by atoms with Gasteiger partial charge in [-0.25, -0.2) is 14.3 Å². The molecule has 0 saturated carbocycles. The van der Waals surface area contributed by atoms with Gasteiger partial charge in [-0.2, -0.15) is 5.10 Å². The highest BCUT2D eigenvalue weighted by Crippen LogP contribution is 2.36. The second-order valence-electron chi connectivity index (χ2n) is 5.88. The fourth-order valence-electron chi connectivity index (χ4n) is 2.91. The molecule has 0 aliphatic carbocycles. The summed E-state index contributed by atoms with van der Waals surface area (Å²) in [5, 5.41) is 4.59. The summed E-state index contributed by atoms with van der Waals surface area (Å²) in [6.07, 6.45) is 0. The van der Waals surface area contributed by atoms with Crippen LogP contribution in [0.2, 0.25) is 0 Å². The second kappa shape index (κ2) is 8.91. The summed E-state index contributed by atoms with van der Waals surface area (Å²) in [5.41, 5.74) is 1.37. The first kappa shape index (κ1) is 20.6. The zero-order valence-electron chi connectivity index (χ0n) is 16.1. The lowest BCUT2D eigenvalue weighted by atomic mass is 10.0. The van der Waals surface area contributed by atoms with E-state index in [1.165, 1.54) is 18.9 Å². The fraction of sp³-hybridized carbons (Fsp3) is 0.190. The van der Waals surface area contributed by atoms with Crippen molar-refractivity contribution < 1.29 is 23.8 Å². The monoisotopic (exact) mass is 458 g/mol. The van der Waals surface area contributed by atoms with E-state index in [0.29, 0.717) is 23.6 Å². The summed E-state index contributed by atoms with van der Waals surface area (Å²) in [7, 11) is 2.49. The number of carbonyl (C=O) groups is 2. The summed E-state index contributed by atoms with van der Waals surface area (Å²) >= 11 is 3.44. The molecule has 3 rings (SSSR count). The van der Waals surface area contributed by atoms with Crippen molar-refractivity contribution in [3.05, 3.63) is 64.3 Å². The van der Waals surface area contributed by atoms with E-state index in [0.717, 1.165) is 4.47 Å². The smallest absolute Gasteiger partial charge is 0.357 e. The number of benzene rings is 2. The molecule has 150 valence electrons. The van der Waals surface area contributed by atoms with Crippen LogP contribution in [0.15, 0.2) is 53.0 Å². The zero-order chi connectivity index (χ0) is 21.0. The summed E-state index contributed by atoms with van der Waals surface area (Å²) in [6.45, 7) is 2.28. The lowest BCUT2D eigenvalue weighted by Crippen LogP contribution is -2.15. The highest BCUT2D eigenvalue weighted by atomic mass is 79.9. The van der Waals surface area contributed by atoms with Crippen molar-refractivity contribution in [1.29, 1.82) is 0 Å². The van der Waals surface area contributed by atoms with Gasteiger partial charge in [-0.15, -0.1) is 0 Å². The van der Waals surface area contributed by atoms with Crippen LogP contribution in [-0.4, -0.2) is 42.5 Å². The van der Waals surface area contributed by atoms with Gasteiger partial charge in [0.05, 0.1) is 26.5 Å². The number of carbonyl (C=O) groups excluding carboxylic acids is 2. The molecule has 0 fully saturated rings. The average Bonchev–Trinajstić information content (AvgIpc) is 3.15. The van der Waals surface area contributed by atoms with Crippen LogP contribution in [0.5, 0.6) is 5.75 Å². The molecule has 0 aliphatic rings. The van der Waals surface area contributed by atoms with Gasteiger partial charge in [-0.05, 0) is 37.3 Å². The Morgan fingerprint density at radius 3 is 2.34 bits per heavy atom. The van der Waals surface area contributed by atoms with Crippen LogP contribution in [0.25, 0.3) is 16.9 Å². The van der Waals surface area contributed by atoms with Crippen LogP contribution in [0, 0.1) is 0 Å². The number of methoxy groups -OCH3 is 2. The van der Waals surface area contributed by atoms with Crippen LogP contribution >= 0.6 is 15.9 Å². The Hall–Kier alpha value is -3.13. The second-order valence-corrected chi connectivity index (χ2v) is 6.79. The molecule has 0 bridgehead atoms. The largest absolute Gasteiger partial charge is 0.493 e. The Bertz CT molecular complexity index is 1050. The maximum absolute atomic E-state index is 12.7. The van der Waals surface area contributed by atoms with Gasteiger partial charge in [0.25, 0.3) is 0 Å². The minimum atomic E-state index is -0.707. The summed E-state index contributed by atoms with van der Waals surface area (Å²) in [5.74, 6) is -0.888. The topological polar surface area (TPSA) is 79.7 Å². The van der Waals surface area contributed by atoms with Gasteiger partial charge in [-0.1, -0.05) is 34.1 Å². The van der Waals surface area contributed by atoms with Gasteiger partial charge in [0.2, 0.25) is 0 Å². The van der Waals surface area contributed by atoms with E-state index in [2.05, 4.69) is 21.0 Å². The predicted octanol–water partition coefficient (Wildman–Crippen LogP) is 4.27. The lowest BCUT2D eigenvalue weighted by molar-refractivity contribution is 0.0549.